The van der Waals surface area contributed by atoms with Crippen LogP contribution in [0, 0.1) is 5.82 Å². The molecule has 1 fully saturated rings. The summed E-state index contributed by atoms with van der Waals surface area (Å²) in [5, 5.41) is 9.18. The Labute approximate surface area is 150 Å². The second kappa shape index (κ2) is 8.29. The predicted octanol–water partition coefficient (Wildman–Crippen LogP) is 2.41. The van der Waals surface area contributed by atoms with Crippen LogP contribution in [0.2, 0.25) is 5.02 Å². The Morgan fingerprint density at radius 2 is 2.04 bits per heavy atom. The highest BCUT2D eigenvalue weighted by Gasteiger charge is 2.28. The summed E-state index contributed by atoms with van der Waals surface area (Å²) in [6.07, 6.45) is 1.66. The lowest BCUT2D eigenvalue weighted by Crippen LogP contribution is -2.43. The number of benzene rings is 1. The maximum Gasteiger partial charge on any atom is 0.323 e. The van der Waals surface area contributed by atoms with Crippen LogP contribution in [-0.4, -0.2) is 58.4 Å². The maximum atomic E-state index is 14.0. The predicted molar refractivity (Wildman–Crippen MR) is 90.0 cm³/mol. The van der Waals surface area contributed by atoms with Gasteiger partial charge in [-0.3, -0.25) is 14.4 Å². The summed E-state index contributed by atoms with van der Waals surface area (Å²) in [5.74, 6) is -2.48. The normalized spacial score (nSPS) is 17.7. The summed E-state index contributed by atoms with van der Waals surface area (Å²) in [4.78, 5) is 38.1. The molecule has 0 spiro atoms. The van der Waals surface area contributed by atoms with Crippen molar-refractivity contribution >= 4 is 29.4 Å². The third-order valence-corrected chi connectivity index (χ3v) is 4.53. The van der Waals surface area contributed by atoms with E-state index in [1.807, 2.05) is 0 Å². The van der Waals surface area contributed by atoms with E-state index in [2.05, 4.69) is 0 Å². The Morgan fingerprint density at radius 1 is 1.32 bits per heavy atom. The third-order valence-electron chi connectivity index (χ3n) is 4.30. The molecular weight excluding hydrogens is 351 g/mol. The van der Waals surface area contributed by atoms with Gasteiger partial charge in [0.1, 0.15) is 12.4 Å². The molecule has 0 aromatic heterocycles. The number of likely N-dealkylation sites (tertiary alicyclic amines) is 1. The van der Waals surface area contributed by atoms with Gasteiger partial charge in [-0.2, -0.15) is 0 Å². The van der Waals surface area contributed by atoms with Gasteiger partial charge in [0.15, 0.2) is 0 Å². The van der Waals surface area contributed by atoms with Crippen molar-refractivity contribution in [1.29, 1.82) is 0 Å². The van der Waals surface area contributed by atoms with Crippen LogP contribution in [0.4, 0.5) is 4.39 Å². The monoisotopic (exact) mass is 370 g/mol. The number of amides is 2. The zero-order chi connectivity index (χ0) is 18.6. The summed E-state index contributed by atoms with van der Waals surface area (Å²) in [7, 11) is 0. The van der Waals surface area contributed by atoms with Crippen molar-refractivity contribution < 1.29 is 23.9 Å². The standard InChI is InChI=1S/C17H20ClFN2O4/c1-11(22)21(10-16(23)24)13-3-2-7-20(8-6-13)17(25)14-5-4-12(18)9-15(14)19/h4-5,9,13H,2-3,6-8,10H2,1H3,(H,23,24). The Balaban J connectivity index is 2.08. The van der Waals surface area contributed by atoms with E-state index in [0.29, 0.717) is 32.4 Å². The SMILES string of the molecule is CC(=O)N(CC(=O)O)C1CCCN(C(=O)c2ccc(Cl)cc2F)CC1. The largest absolute Gasteiger partial charge is 0.480 e. The van der Waals surface area contributed by atoms with Gasteiger partial charge in [0.25, 0.3) is 5.91 Å². The van der Waals surface area contributed by atoms with Gasteiger partial charge in [-0.1, -0.05) is 11.6 Å². The van der Waals surface area contributed by atoms with Gasteiger partial charge in [-0.25, -0.2) is 4.39 Å². The molecule has 1 aliphatic heterocycles. The average molecular weight is 371 g/mol. The average Bonchev–Trinajstić information content (AvgIpc) is 2.77. The molecule has 1 aromatic carbocycles. The van der Waals surface area contributed by atoms with Gasteiger partial charge >= 0.3 is 5.97 Å². The van der Waals surface area contributed by atoms with Crippen LogP contribution >= 0.6 is 11.6 Å². The molecular formula is C17H20ClFN2O4. The fraction of sp³-hybridized carbons (Fsp3) is 0.471. The minimum atomic E-state index is -1.07. The highest BCUT2D eigenvalue weighted by Crippen LogP contribution is 2.21. The fourth-order valence-electron chi connectivity index (χ4n) is 3.07. The van der Waals surface area contributed by atoms with Crippen LogP contribution in [0.1, 0.15) is 36.5 Å². The zero-order valence-corrected chi connectivity index (χ0v) is 14.6. The quantitative estimate of drug-likeness (QED) is 0.882. The molecule has 6 nitrogen and oxygen atoms in total. The first-order valence-electron chi connectivity index (χ1n) is 8.03. The number of carbonyl (C=O) groups excluding carboxylic acids is 2. The summed E-state index contributed by atoms with van der Waals surface area (Å²) < 4.78 is 14.0. The van der Waals surface area contributed by atoms with E-state index < -0.39 is 17.7 Å². The summed E-state index contributed by atoms with van der Waals surface area (Å²) in [5.41, 5.74) is -0.0446. The van der Waals surface area contributed by atoms with Crippen LogP contribution in [0.25, 0.3) is 0 Å². The van der Waals surface area contributed by atoms with Crippen molar-refractivity contribution in [3.8, 4) is 0 Å². The van der Waals surface area contributed by atoms with Crippen LogP contribution in [0.3, 0.4) is 0 Å². The smallest absolute Gasteiger partial charge is 0.323 e. The lowest BCUT2D eigenvalue weighted by molar-refractivity contribution is -0.145. The molecule has 136 valence electrons. The lowest BCUT2D eigenvalue weighted by atomic mass is 10.1. The van der Waals surface area contributed by atoms with Gasteiger partial charge in [0, 0.05) is 31.1 Å². The second-order valence-electron chi connectivity index (χ2n) is 6.04. The third kappa shape index (κ3) is 4.92. The van der Waals surface area contributed by atoms with E-state index in [1.165, 1.54) is 28.9 Å². The fourth-order valence-corrected chi connectivity index (χ4v) is 3.23. The molecule has 1 atom stereocenters. The first-order chi connectivity index (χ1) is 11.8. The van der Waals surface area contributed by atoms with Crippen LogP contribution < -0.4 is 0 Å². The molecule has 0 radical (unpaired) electrons. The van der Waals surface area contributed by atoms with Gasteiger partial charge in [-0.05, 0) is 37.5 Å². The first kappa shape index (κ1) is 19.2. The van der Waals surface area contributed by atoms with Gasteiger partial charge in [-0.15, -0.1) is 0 Å². The Hall–Kier alpha value is -2.15. The van der Waals surface area contributed by atoms with Crippen molar-refractivity contribution in [2.45, 2.75) is 32.2 Å². The number of hydrogen-bond acceptors (Lipinski definition) is 3. The molecule has 1 N–H and O–H groups in total. The molecule has 1 heterocycles. The van der Waals surface area contributed by atoms with E-state index in [1.54, 1.807) is 0 Å². The molecule has 1 aliphatic rings. The minimum absolute atomic E-state index is 0.0446. The molecule has 2 amide bonds. The molecule has 1 unspecified atom stereocenters. The number of carboxylic acids is 1. The molecule has 8 heteroatoms. The number of nitrogens with zero attached hydrogens (tertiary/aromatic N) is 2. The van der Waals surface area contributed by atoms with Gasteiger partial charge < -0.3 is 14.9 Å². The van der Waals surface area contributed by atoms with Gasteiger partial charge in [0.05, 0.1) is 5.56 Å². The summed E-state index contributed by atoms with van der Waals surface area (Å²) in [6, 6.07) is 3.67. The van der Waals surface area contributed by atoms with E-state index in [9.17, 15) is 18.8 Å². The lowest BCUT2D eigenvalue weighted by Gasteiger charge is -2.28. The Kier molecular flexibility index (Phi) is 6.36. The van der Waals surface area contributed by atoms with Crippen molar-refractivity contribution in [1.82, 2.24) is 9.80 Å². The maximum absolute atomic E-state index is 14.0. The number of aliphatic carboxylic acids is 1. The highest BCUT2D eigenvalue weighted by molar-refractivity contribution is 6.30. The summed E-state index contributed by atoms with van der Waals surface area (Å²) in [6.45, 7) is 1.73. The highest BCUT2D eigenvalue weighted by atomic mass is 35.5. The molecule has 1 saturated heterocycles. The van der Waals surface area contributed by atoms with Crippen molar-refractivity contribution in [3.63, 3.8) is 0 Å². The molecule has 0 aliphatic carbocycles. The van der Waals surface area contributed by atoms with Crippen LogP contribution in [0.15, 0.2) is 18.2 Å². The molecule has 0 saturated carbocycles. The minimum Gasteiger partial charge on any atom is -0.480 e. The Bertz CT molecular complexity index is 683. The van der Waals surface area contributed by atoms with E-state index in [0.717, 1.165) is 6.07 Å². The number of carbonyl (C=O) groups is 3. The number of rotatable bonds is 4. The van der Waals surface area contributed by atoms with Crippen molar-refractivity contribution in [2.75, 3.05) is 19.6 Å². The van der Waals surface area contributed by atoms with Crippen molar-refractivity contribution in [3.05, 3.63) is 34.6 Å². The molecule has 25 heavy (non-hydrogen) atoms. The van der Waals surface area contributed by atoms with Gasteiger partial charge in [0.2, 0.25) is 5.91 Å². The summed E-state index contributed by atoms with van der Waals surface area (Å²) >= 11 is 5.71. The van der Waals surface area contributed by atoms with Crippen LogP contribution in [-0.2, 0) is 9.59 Å². The van der Waals surface area contributed by atoms with E-state index >= 15 is 0 Å². The second-order valence-corrected chi connectivity index (χ2v) is 6.48. The van der Waals surface area contributed by atoms with E-state index in [-0.39, 0.29) is 29.1 Å². The van der Waals surface area contributed by atoms with Crippen molar-refractivity contribution in [2.24, 2.45) is 0 Å². The van der Waals surface area contributed by atoms with Crippen LogP contribution in [0.5, 0.6) is 0 Å². The number of hydrogen-bond donors (Lipinski definition) is 1. The van der Waals surface area contributed by atoms with E-state index in [4.69, 9.17) is 16.7 Å². The molecule has 0 bridgehead atoms. The topological polar surface area (TPSA) is 77.9 Å². The number of halogens is 2. The zero-order valence-electron chi connectivity index (χ0n) is 13.9. The number of carboxylic acid groups (broad SMARTS) is 1. The molecule has 1 aromatic rings. The Morgan fingerprint density at radius 3 is 2.64 bits per heavy atom. The first-order valence-corrected chi connectivity index (χ1v) is 8.40. The molecule has 2 rings (SSSR count).